The van der Waals surface area contributed by atoms with E-state index in [1.165, 1.54) is 40.5 Å². The molecule has 6 nitrogen and oxygen atoms in total. The van der Waals surface area contributed by atoms with Crippen molar-refractivity contribution in [3.63, 3.8) is 0 Å². The number of hydrogen-bond donors (Lipinski definition) is 0. The van der Waals surface area contributed by atoms with E-state index >= 15 is 0 Å². The number of thiophene rings is 1. The summed E-state index contributed by atoms with van der Waals surface area (Å²) in [6.07, 6.45) is 1.59. The van der Waals surface area contributed by atoms with E-state index in [2.05, 4.69) is 4.98 Å². The normalized spacial score (nSPS) is 11.3. The summed E-state index contributed by atoms with van der Waals surface area (Å²) >= 11 is 1.52. The van der Waals surface area contributed by atoms with E-state index < -0.39 is 15.7 Å². The highest BCUT2D eigenvalue weighted by atomic mass is 32.2. The Kier molecular flexibility index (Phi) is 5.28. The molecule has 8 heteroatoms. The van der Waals surface area contributed by atoms with Gasteiger partial charge in [-0.1, -0.05) is 30.3 Å². The molecule has 146 valence electrons. The van der Waals surface area contributed by atoms with Gasteiger partial charge in [-0.2, -0.15) is 0 Å². The summed E-state index contributed by atoms with van der Waals surface area (Å²) < 4.78 is 31.0. The molecule has 3 heterocycles. The van der Waals surface area contributed by atoms with Crippen LogP contribution in [-0.2, 0) is 16.4 Å². The molecule has 0 fully saturated rings. The predicted octanol–water partition coefficient (Wildman–Crippen LogP) is 4.42. The summed E-state index contributed by atoms with van der Waals surface area (Å²) in [7, 11) is -3.84. The molecule has 0 spiro atoms. The van der Waals surface area contributed by atoms with Crippen molar-refractivity contribution in [3.05, 3.63) is 95.0 Å². The number of aromatic nitrogens is 1. The number of furan rings is 1. The molecule has 0 radical (unpaired) electrons. The SMILES string of the molecule is O=C(c1ccc(S(=O)(=O)c2ccccc2)o1)N(Cc1cccs1)c1ccccn1. The molecule has 0 aliphatic carbocycles. The molecule has 0 N–H and O–H groups in total. The lowest BCUT2D eigenvalue weighted by Crippen LogP contribution is -2.30. The van der Waals surface area contributed by atoms with Crippen molar-refractivity contribution in [1.29, 1.82) is 0 Å². The highest BCUT2D eigenvalue weighted by Gasteiger charge is 2.27. The quantitative estimate of drug-likeness (QED) is 0.458. The number of amides is 1. The van der Waals surface area contributed by atoms with Gasteiger partial charge in [-0.25, -0.2) is 13.4 Å². The maximum atomic E-state index is 13.2. The summed E-state index contributed by atoms with van der Waals surface area (Å²) in [5.41, 5.74) is 0. The summed E-state index contributed by atoms with van der Waals surface area (Å²) in [4.78, 5) is 19.9. The predicted molar refractivity (Wildman–Crippen MR) is 110 cm³/mol. The fourth-order valence-electron chi connectivity index (χ4n) is 2.76. The first-order valence-corrected chi connectivity index (χ1v) is 11.1. The van der Waals surface area contributed by atoms with Crippen LogP contribution in [0.3, 0.4) is 0 Å². The monoisotopic (exact) mass is 424 g/mol. The third-order valence-corrected chi connectivity index (χ3v) is 6.68. The lowest BCUT2D eigenvalue weighted by atomic mass is 10.3. The van der Waals surface area contributed by atoms with Gasteiger partial charge in [0.25, 0.3) is 5.91 Å². The van der Waals surface area contributed by atoms with Crippen molar-refractivity contribution < 1.29 is 17.6 Å². The van der Waals surface area contributed by atoms with Crippen molar-refractivity contribution in [2.24, 2.45) is 0 Å². The fourth-order valence-corrected chi connectivity index (χ4v) is 4.64. The van der Waals surface area contributed by atoms with Gasteiger partial charge in [0.15, 0.2) is 5.76 Å². The van der Waals surface area contributed by atoms with Gasteiger partial charge in [-0.3, -0.25) is 9.69 Å². The zero-order valence-corrected chi connectivity index (χ0v) is 16.8. The topological polar surface area (TPSA) is 80.5 Å². The molecule has 1 aromatic carbocycles. The van der Waals surface area contributed by atoms with Crippen LogP contribution >= 0.6 is 11.3 Å². The first-order chi connectivity index (χ1) is 14.1. The minimum absolute atomic E-state index is 0.0679. The molecular formula is C21H16N2O4S2. The molecular weight excluding hydrogens is 408 g/mol. The molecule has 3 aromatic heterocycles. The highest BCUT2D eigenvalue weighted by molar-refractivity contribution is 7.91. The molecule has 0 unspecified atom stereocenters. The largest absolute Gasteiger partial charge is 0.439 e. The van der Waals surface area contributed by atoms with E-state index in [0.29, 0.717) is 12.4 Å². The Morgan fingerprint density at radius 1 is 0.966 bits per heavy atom. The van der Waals surface area contributed by atoms with Gasteiger partial charge < -0.3 is 4.42 Å². The molecule has 4 rings (SSSR count). The maximum Gasteiger partial charge on any atom is 0.295 e. The lowest BCUT2D eigenvalue weighted by molar-refractivity contribution is 0.0952. The number of carbonyl (C=O) groups is 1. The number of anilines is 1. The van der Waals surface area contributed by atoms with Gasteiger partial charge >= 0.3 is 0 Å². The number of pyridine rings is 1. The summed E-state index contributed by atoms with van der Waals surface area (Å²) in [6, 6.07) is 19.7. The standard InChI is InChI=1S/C21H16N2O4S2/c24-21(23(15-16-7-6-14-28-16)19-10-4-5-13-22-19)18-11-12-20(27-18)29(25,26)17-8-2-1-3-9-17/h1-14H,15H2. The highest BCUT2D eigenvalue weighted by Crippen LogP contribution is 2.25. The van der Waals surface area contributed by atoms with Crippen molar-refractivity contribution in [1.82, 2.24) is 4.98 Å². The van der Waals surface area contributed by atoms with Crippen LogP contribution in [0.1, 0.15) is 15.4 Å². The Morgan fingerprint density at radius 3 is 2.45 bits per heavy atom. The van der Waals surface area contributed by atoms with E-state index in [4.69, 9.17) is 4.42 Å². The van der Waals surface area contributed by atoms with Gasteiger partial charge in [0.1, 0.15) is 5.82 Å². The zero-order chi connectivity index (χ0) is 20.3. The first-order valence-electron chi connectivity index (χ1n) is 8.71. The van der Waals surface area contributed by atoms with Crippen molar-refractivity contribution in [3.8, 4) is 0 Å². The smallest absolute Gasteiger partial charge is 0.295 e. The van der Waals surface area contributed by atoms with Crippen molar-refractivity contribution >= 4 is 32.9 Å². The number of hydrogen-bond acceptors (Lipinski definition) is 6. The van der Waals surface area contributed by atoms with Gasteiger partial charge in [-0.05, 0) is 47.8 Å². The molecule has 0 atom stereocenters. The van der Waals surface area contributed by atoms with Crippen LogP contribution in [0.15, 0.2) is 98.8 Å². The van der Waals surface area contributed by atoms with Gasteiger partial charge in [0, 0.05) is 11.1 Å². The van der Waals surface area contributed by atoms with E-state index in [9.17, 15) is 13.2 Å². The number of rotatable bonds is 6. The average Bonchev–Trinajstić information content (AvgIpc) is 3.45. The minimum atomic E-state index is -3.84. The molecule has 0 bridgehead atoms. The number of nitrogens with zero attached hydrogens (tertiary/aromatic N) is 2. The molecule has 0 saturated heterocycles. The van der Waals surface area contributed by atoms with Crippen LogP contribution in [0.25, 0.3) is 0 Å². The second-order valence-corrected chi connectivity index (χ2v) is 9.01. The van der Waals surface area contributed by atoms with Gasteiger partial charge in [0.05, 0.1) is 11.4 Å². The molecule has 0 aliphatic heterocycles. The van der Waals surface area contributed by atoms with E-state index in [1.807, 2.05) is 17.5 Å². The second-order valence-electron chi connectivity index (χ2n) is 6.09. The van der Waals surface area contributed by atoms with Crippen LogP contribution in [-0.4, -0.2) is 19.3 Å². The second kappa shape index (κ2) is 8.02. The third kappa shape index (κ3) is 3.98. The number of sulfone groups is 1. The molecule has 0 saturated carbocycles. The summed E-state index contributed by atoms with van der Waals surface area (Å²) in [5, 5.41) is 1.65. The Morgan fingerprint density at radius 2 is 1.76 bits per heavy atom. The van der Waals surface area contributed by atoms with E-state index in [-0.39, 0.29) is 15.7 Å². The summed E-state index contributed by atoms with van der Waals surface area (Å²) in [5.74, 6) is -0.0805. The van der Waals surface area contributed by atoms with E-state index in [0.717, 1.165) is 4.88 Å². The van der Waals surface area contributed by atoms with Crippen LogP contribution in [0, 0.1) is 0 Å². The van der Waals surface area contributed by atoms with Crippen LogP contribution in [0.2, 0.25) is 0 Å². The van der Waals surface area contributed by atoms with Crippen LogP contribution in [0.4, 0.5) is 5.82 Å². The number of benzene rings is 1. The molecule has 1 amide bonds. The average molecular weight is 425 g/mol. The van der Waals surface area contributed by atoms with Crippen molar-refractivity contribution in [2.45, 2.75) is 16.5 Å². The van der Waals surface area contributed by atoms with Gasteiger partial charge in [-0.15, -0.1) is 11.3 Å². The molecule has 4 aromatic rings. The Labute approximate surface area is 172 Å². The maximum absolute atomic E-state index is 13.2. The van der Waals surface area contributed by atoms with Crippen LogP contribution in [0.5, 0.6) is 0 Å². The Balaban J connectivity index is 1.67. The summed E-state index contributed by atoms with van der Waals surface area (Å²) in [6.45, 7) is 0.301. The fraction of sp³-hybridized carbons (Fsp3) is 0.0476. The zero-order valence-electron chi connectivity index (χ0n) is 15.1. The van der Waals surface area contributed by atoms with E-state index in [1.54, 1.807) is 42.6 Å². The van der Waals surface area contributed by atoms with Gasteiger partial charge in [0.2, 0.25) is 14.9 Å². The molecule has 0 aliphatic rings. The minimum Gasteiger partial charge on any atom is -0.439 e. The first kappa shape index (κ1) is 19.1. The number of carbonyl (C=O) groups excluding carboxylic acids is 1. The molecule has 29 heavy (non-hydrogen) atoms. The third-order valence-electron chi connectivity index (χ3n) is 4.18. The Bertz CT molecular complexity index is 1200. The Hall–Kier alpha value is -3.23. The van der Waals surface area contributed by atoms with Crippen molar-refractivity contribution in [2.75, 3.05) is 4.90 Å². The van der Waals surface area contributed by atoms with Crippen LogP contribution < -0.4 is 4.90 Å². The lowest BCUT2D eigenvalue weighted by Gasteiger charge is -2.19.